The van der Waals surface area contributed by atoms with E-state index in [-0.39, 0.29) is 24.4 Å². The third-order valence-electron chi connectivity index (χ3n) is 3.09. The Kier molecular flexibility index (Phi) is 3.14. The third kappa shape index (κ3) is 2.52. The van der Waals surface area contributed by atoms with E-state index in [1.165, 1.54) is 0 Å². The van der Waals surface area contributed by atoms with E-state index >= 15 is 0 Å². The van der Waals surface area contributed by atoms with Crippen LogP contribution in [0.1, 0.15) is 26.2 Å². The molecule has 2 fully saturated rings. The van der Waals surface area contributed by atoms with Gasteiger partial charge in [0.25, 0.3) is 0 Å². The maximum absolute atomic E-state index is 11.8. The van der Waals surface area contributed by atoms with Crippen LogP contribution in [0.15, 0.2) is 0 Å². The summed E-state index contributed by atoms with van der Waals surface area (Å²) in [5.41, 5.74) is 5.58. The van der Waals surface area contributed by atoms with Gasteiger partial charge in [0.2, 0.25) is 11.8 Å². The van der Waals surface area contributed by atoms with Crippen molar-refractivity contribution >= 4 is 11.8 Å². The number of piperazine rings is 1. The van der Waals surface area contributed by atoms with Gasteiger partial charge in [0.05, 0.1) is 6.54 Å². The molecule has 0 bridgehead atoms. The van der Waals surface area contributed by atoms with Crippen molar-refractivity contribution in [3.63, 3.8) is 0 Å². The lowest BCUT2D eigenvalue weighted by atomic mass is 10.2. The summed E-state index contributed by atoms with van der Waals surface area (Å²) in [6, 6.07) is 0.322. The standard InChI is InChI=1S/C11H19N3O2/c1-8(12)6-10(15)13-4-5-14(9-2-3-9)11(16)7-13/h8-9H,2-7,12H2,1H3. The Bertz CT molecular complexity index is 298. The number of hydrogen-bond donors (Lipinski definition) is 1. The molecule has 1 heterocycles. The normalized spacial score (nSPS) is 23.5. The average Bonchev–Trinajstić information content (AvgIpc) is 3.00. The van der Waals surface area contributed by atoms with Crippen LogP contribution in [0.3, 0.4) is 0 Å². The molecular weight excluding hydrogens is 206 g/mol. The lowest BCUT2D eigenvalue weighted by Crippen LogP contribution is -2.53. The van der Waals surface area contributed by atoms with E-state index in [2.05, 4.69) is 0 Å². The van der Waals surface area contributed by atoms with Gasteiger partial charge in [0.1, 0.15) is 0 Å². The van der Waals surface area contributed by atoms with E-state index in [9.17, 15) is 9.59 Å². The molecule has 0 radical (unpaired) electrons. The molecule has 1 aliphatic carbocycles. The molecule has 0 spiro atoms. The van der Waals surface area contributed by atoms with Crippen molar-refractivity contribution in [2.24, 2.45) is 5.73 Å². The summed E-state index contributed by atoms with van der Waals surface area (Å²) < 4.78 is 0. The van der Waals surface area contributed by atoms with Crippen LogP contribution in [0, 0.1) is 0 Å². The second-order valence-electron chi connectivity index (χ2n) is 4.82. The van der Waals surface area contributed by atoms with E-state index < -0.39 is 0 Å². The fourth-order valence-corrected chi connectivity index (χ4v) is 2.08. The molecule has 5 heteroatoms. The van der Waals surface area contributed by atoms with Crippen LogP contribution < -0.4 is 5.73 Å². The molecular formula is C11H19N3O2. The Morgan fingerprint density at radius 1 is 1.50 bits per heavy atom. The van der Waals surface area contributed by atoms with E-state index in [1.54, 1.807) is 11.8 Å². The quantitative estimate of drug-likeness (QED) is 0.708. The first-order chi connectivity index (χ1) is 7.58. The van der Waals surface area contributed by atoms with Gasteiger partial charge in [-0.1, -0.05) is 0 Å². The summed E-state index contributed by atoms with van der Waals surface area (Å²) in [4.78, 5) is 27.0. The second-order valence-corrected chi connectivity index (χ2v) is 4.82. The Morgan fingerprint density at radius 3 is 2.69 bits per heavy atom. The predicted octanol–water partition coefficient (Wildman–Crippen LogP) is -0.443. The number of carbonyl (C=O) groups excluding carboxylic acids is 2. The van der Waals surface area contributed by atoms with Crippen molar-refractivity contribution in [1.29, 1.82) is 0 Å². The van der Waals surface area contributed by atoms with Gasteiger partial charge in [-0.25, -0.2) is 0 Å². The molecule has 0 aromatic heterocycles. The molecule has 2 aliphatic rings. The summed E-state index contributed by atoms with van der Waals surface area (Å²) in [6.07, 6.45) is 2.58. The van der Waals surface area contributed by atoms with Crippen LogP contribution in [0.5, 0.6) is 0 Å². The number of rotatable bonds is 3. The molecule has 1 unspecified atom stereocenters. The zero-order valence-electron chi connectivity index (χ0n) is 9.69. The molecule has 1 aliphatic heterocycles. The molecule has 0 aromatic rings. The van der Waals surface area contributed by atoms with Gasteiger partial charge in [0, 0.05) is 31.6 Å². The summed E-state index contributed by atoms with van der Waals surface area (Å²) in [5.74, 6) is 0.0885. The van der Waals surface area contributed by atoms with Gasteiger partial charge in [0.15, 0.2) is 0 Å². The molecule has 1 saturated carbocycles. The zero-order valence-corrected chi connectivity index (χ0v) is 9.69. The number of nitrogens with two attached hydrogens (primary N) is 1. The molecule has 90 valence electrons. The van der Waals surface area contributed by atoms with Crippen molar-refractivity contribution in [2.75, 3.05) is 19.6 Å². The molecule has 0 aromatic carbocycles. The van der Waals surface area contributed by atoms with Crippen LogP contribution in [-0.4, -0.2) is 53.3 Å². The van der Waals surface area contributed by atoms with E-state index in [4.69, 9.17) is 5.73 Å². The second kappa shape index (κ2) is 4.41. The molecule has 16 heavy (non-hydrogen) atoms. The topological polar surface area (TPSA) is 66.6 Å². The van der Waals surface area contributed by atoms with Crippen LogP contribution >= 0.6 is 0 Å². The predicted molar refractivity (Wildman–Crippen MR) is 59.6 cm³/mol. The lowest BCUT2D eigenvalue weighted by Gasteiger charge is -2.34. The zero-order chi connectivity index (χ0) is 11.7. The smallest absolute Gasteiger partial charge is 0.242 e. The summed E-state index contributed by atoms with van der Waals surface area (Å²) >= 11 is 0. The number of amides is 2. The lowest BCUT2D eigenvalue weighted by molar-refractivity contribution is -0.145. The van der Waals surface area contributed by atoms with Crippen LogP contribution in [0.4, 0.5) is 0 Å². The van der Waals surface area contributed by atoms with Gasteiger partial charge in [-0.3, -0.25) is 9.59 Å². The highest BCUT2D eigenvalue weighted by Crippen LogP contribution is 2.28. The summed E-state index contributed by atoms with van der Waals surface area (Å²) in [7, 11) is 0. The van der Waals surface area contributed by atoms with Crippen molar-refractivity contribution in [1.82, 2.24) is 9.80 Å². The summed E-state index contributed by atoms with van der Waals surface area (Å²) in [5, 5.41) is 0. The Balaban J connectivity index is 1.86. The first-order valence-corrected chi connectivity index (χ1v) is 5.90. The minimum Gasteiger partial charge on any atom is -0.336 e. The van der Waals surface area contributed by atoms with Crippen LogP contribution in [0.2, 0.25) is 0 Å². The fraction of sp³-hybridized carbons (Fsp3) is 0.818. The Hall–Kier alpha value is -1.10. The molecule has 1 atom stereocenters. The van der Waals surface area contributed by atoms with Gasteiger partial charge >= 0.3 is 0 Å². The SMILES string of the molecule is CC(N)CC(=O)N1CCN(C2CC2)C(=O)C1. The van der Waals surface area contributed by atoms with E-state index in [0.29, 0.717) is 25.6 Å². The Labute approximate surface area is 95.6 Å². The number of carbonyl (C=O) groups is 2. The van der Waals surface area contributed by atoms with Crippen molar-refractivity contribution in [3.8, 4) is 0 Å². The summed E-state index contributed by atoms with van der Waals surface area (Å²) in [6.45, 7) is 3.39. The van der Waals surface area contributed by atoms with Gasteiger partial charge < -0.3 is 15.5 Å². The number of nitrogens with zero attached hydrogens (tertiary/aromatic N) is 2. The molecule has 2 rings (SSSR count). The minimum atomic E-state index is -0.135. The number of hydrogen-bond acceptors (Lipinski definition) is 3. The van der Waals surface area contributed by atoms with Crippen molar-refractivity contribution < 1.29 is 9.59 Å². The van der Waals surface area contributed by atoms with Crippen molar-refractivity contribution in [2.45, 2.75) is 38.3 Å². The highest BCUT2D eigenvalue weighted by molar-refractivity contribution is 5.86. The Morgan fingerprint density at radius 2 is 2.19 bits per heavy atom. The van der Waals surface area contributed by atoms with Gasteiger partial charge in [-0.05, 0) is 19.8 Å². The highest BCUT2D eigenvalue weighted by Gasteiger charge is 2.36. The minimum absolute atomic E-state index is 0.00111. The fourth-order valence-electron chi connectivity index (χ4n) is 2.08. The van der Waals surface area contributed by atoms with Gasteiger partial charge in [-0.15, -0.1) is 0 Å². The van der Waals surface area contributed by atoms with Crippen molar-refractivity contribution in [3.05, 3.63) is 0 Å². The largest absolute Gasteiger partial charge is 0.336 e. The molecule has 2 N–H and O–H groups in total. The monoisotopic (exact) mass is 225 g/mol. The van der Waals surface area contributed by atoms with Gasteiger partial charge in [-0.2, -0.15) is 0 Å². The van der Waals surface area contributed by atoms with E-state index in [1.807, 2.05) is 4.90 Å². The van der Waals surface area contributed by atoms with Crippen LogP contribution in [0.25, 0.3) is 0 Å². The molecule has 1 saturated heterocycles. The highest BCUT2D eigenvalue weighted by atomic mass is 16.2. The van der Waals surface area contributed by atoms with E-state index in [0.717, 1.165) is 12.8 Å². The maximum atomic E-state index is 11.8. The molecule has 2 amide bonds. The van der Waals surface area contributed by atoms with Crippen LogP contribution in [-0.2, 0) is 9.59 Å². The molecule has 5 nitrogen and oxygen atoms in total. The third-order valence-corrected chi connectivity index (χ3v) is 3.09. The first-order valence-electron chi connectivity index (χ1n) is 5.90. The maximum Gasteiger partial charge on any atom is 0.242 e. The first kappa shape index (κ1) is 11.4. The average molecular weight is 225 g/mol.